The Morgan fingerprint density at radius 1 is 1.37 bits per heavy atom. The summed E-state index contributed by atoms with van der Waals surface area (Å²) < 4.78 is 5.00. The third-order valence-corrected chi connectivity index (χ3v) is 4.49. The number of nitrogens with zero attached hydrogens (tertiary/aromatic N) is 1. The van der Waals surface area contributed by atoms with Crippen molar-refractivity contribution < 1.29 is 9.53 Å². The van der Waals surface area contributed by atoms with Crippen LogP contribution in [0.1, 0.15) is 46.5 Å². The van der Waals surface area contributed by atoms with Crippen molar-refractivity contribution in [2.75, 3.05) is 26.7 Å². The van der Waals surface area contributed by atoms with E-state index in [1.165, 1.54) is 32.8 Å². The van der Waals surface area contributed by atoms with Crippen molar-refractivity contribution >= 4 is 5.97 Å². The van der Waals surface area contributed by atoms with E-state index in [9.17, 15) is 4.79 Å². The van der Waals surface area contributed by atoms with Crippen LogP contribution in [0.3, 0.4) is 0 Å². The number of nitrogens with one attached hydrogen (secondary N) is 1. The summed E-state index contributed by atoms with van der Waals surface area (Å²) in [4.78, 5) is 14.5. The summed E-state index contributed by atoms with van der Waals surface area (Å²) >= 11 is 0. The molecule has 0 radical (unpaired) electrons. The molecule has 0 aromatic heterocycles. The molecule has 1 aliphatic heterocycles. The summed E-state index contributed by atoms with van der Waals surface area (Å²) in [6.45, 7) is 9.54. The van der Waals surface area contributed by atoms with Crippen molar-refractivity contribution in [3.63, 3.8) is 0 Å². The van der Waals surface area contributed by atoms with E-state index in [-0.39, 0.29) is 5.97 Å². The first-order valence-corrected chi connectivity index (χ1v) is 7.43. The molecule has 1 saturated heterocycles. The normalized spacial score (nSPS) is 26.7. The van der Waals surface area contributed by atoms with Gasteiger partial charge in [-0.3, -0.25) is 10.1 Å². The minimum absolute atomic E-state index is 0.135. The maximum atomic E-state index is 12.1. The summed E-state index contributed by atoms with van der Waals surface area (Å²) in [6, 6.07) is 0.505. The fourth-order valence-corrected chi connectivity index (χ4v) is 2.84. The van der Waals surface area contributed by atoms with E-state index in [1.54, 1.807) is 0 Å². The first-order valence-electron chi connectivity index (χ1n) is 7.43. The van der Waals surface area contributed by atoms with Crippen LogP contribution in [0.15, 0.2) is 0 Å². The first-order chi connectivity index (χ1) is 8.85. The molecule has 0 spiro atoms. The molecular weight excluding hydrogens is 240 g/mol. The number of esters is 1. The van der Waals surface area contributed by atoms with Gasteiger partial charge in [0.15, 0.2) is 0 Å². The number of methoxy groups -OCH3 is 1. The Hall–Kier alpha value is -0.610. The average molecular weight is 268 g/mol. The molecule has 1 atom stereocenters. The van der Waals surface area contributed by atoms with E-state index in [0.717, 1.165) is 19.6 Å². The first kappa shape index (κ1) is 14.8. The van der Waals surface area contributed by atoms with Gasteiger partial charge in [-0.2, -0.15) is 0 Å². The van der Waals surface area contributed by atoms with E-state index in [2.05, 4.69) is 24.1 Å². The molecule has 19 heavy (non-hydrogen) atoms. The molecule has 0 aromatic carbocycles. The van der Waals surface area contributed by atoms with Gasteiger partial charge in [0.25, 0.3) is 0 Å². The number of hydrogen-bond acceptors (Lipinski definition) is 4. The summed E-state index contributed by atoms with van der Waals surface area (Å²) in [7, 11) is 1.48. The number of hydrogen-bond donors (Lipinski definition) is 1. The van der Waals surface area contributed by atoms with Gasteiger partial charge in [-0.25, -0.2) is 0 Å². The second-order valence-electron chi connectivity index (χ2n) is 7.18. The van der Waals surface area contributed by atoms with Crippen LogP contribution in [0.4, 0.5) is 0 Å². The van der Waals surface area contributed by atoms with Crippen LogP contribution in [0.25, 0.3) is 0 Å². The molecule has 0 aromatic rings. The van der Waals surface area contributed by atoms with Crippen LogP contribution in [0.5, 0.6) is 0 Å². The van der Waals surface area contributed by atoms with E-state index < -0.39 is 5.54 Å². The Kier molecular flexibility index (Phi) is 4.21. The summed E-state index contributed by atoms with van der Waals surface area (Å²) in [5.41, 5.74) is -0.112. The lowest BCUT2D eigenvalue weighted by atomic mass is 9.82. The molecule has 1 aliphatic carbocycles. The molecule has 1 heterocycles. The molecule has 2 aliphatic rings. The number of likely N-dealkylation sites (tertiary alicyclic amines) is 1. The molecule has 2 fully saturated rings. The van der Waals surface area contributed by atoms with Gasteiger partial charge in [-0.05, 0) is 51.1 Å². The maximum absolute atomic E-state index is 12.1. The minimum Gasteiger partial charge on any atom is -0.468 e. The minimum atomic E-state index is -0.558. The van der Waals surface area contributed by atoms with E-state index >= 15 is 0 Å². The highest BCUT2D eigenvalue weighted by molar-refractivity contribution is 5.80. The zero-order valence-electron chi connectivity index (χ0n) is 12.8. The average Bonchev–Trinajstić information content (AvgIpc) is 3.14. The van der Waals surface area contributed by atoms with Crippen LogP contribution in [0.2, 0.25) is 0 Å². The predicted molar refractivity (Wildman–Crippen MR) is 76.0 cm³/mol. The second-order valence-corrected chi connectivity index (χ2v) is 7.18. The Balaban J connectivity index is 1.94. The smallest absolute Gasteiger partial charge is 0.327 e. The lowest BCUT2D eigenvalue weighted by Gasteiger charge is -2.41. The van der Waals surface area contributed by atoms with Gasteiger partial charge in [-0.15, -0.1) is 0 Å². The van der Waals surface area contributed by atoms with Gasteiger partial charge in [-0.1, -0.05) is 13.8 Å². The molecule has 1 saturated carbocycles. The molecule has 110 valence electrons. The van der Waals surface area contributed by atoms with Crippen molar-refractivity contribution in [3.8, 4) is 0 Å². The number of carbonyl (C=O) groups excluding carboxylic acids is 1. The van der Waals surface area contributed by atoms with Gasteiger partial charge in [0.2, 0.25) is 0 Å². The van der Waals surface area contributed by atoms with E-state index in [4.69, 9.17) is 4.74 Å². The van der Waals surface area contributed by atoms with E-state index in [0.29, 0.717) is 11.5 Å². The topological polar surface area (TPSA) is 41.6 Å². The van der Waals surface area contributed by atoms with Crippen LogP contribution in [-0.4, -0.2) is 49.2 Å². The van der Waals surface area contributed by atoms with E-state index in [1.807, 2.05) is 6.92 Å². The molecule has 0 amide bonds. The Morgan fingerprint density at radius 2 is 1.95 bits per heavy atom. The third kappa shape index (κ3) is 3.93. The van der Waals surface area contributed by atoms with Gasteiger partial charge < -0.3 is 9.64 Å². The van der Waals surface area contributed by atoms with Crippen molar-refractivity contribution in [2.24, 2.45) is 5.41 Å². The molecule has 4 heteroatoms. The molecule has 4 nitrogen and oxygen atoms in total. The predicted octanol–water partition coefficient (Wildman–Crippen LogP) is 1.79. The number of carbonyl (C=O) groups is 1. The van der Waals surface area contributed by atoms with Crippen LogP contribution in [-0.2, 0) is 9.53 Å². The maximum Gasteiger partial charge on any atom is 0.327 e. The Bertz CT molecular complexity index is 329. The molecule has 2 rings (SSSR count). The zero-order valence-corrected chi connectivity index (χ0v) is 12.8. The fourth-order valence-electron chi connectivity index (χ4n) is 2.84. The molecule has 1 unspecified atom stereocenters. The number of piperidine rings is 1. The standard InChI is InChI=1S/C15H28N2O2/c1-14(2)7-9-17(10-8-14)11-15(3,13(18)19-4)16-12-5-6-12/h12,16H,5-11H2,1-4H3. The van der Waals surface area contributed by atoms with Gasteiger partial charge >= 0.3 is 5.97 Å². The highest BCUT2D eigenvalue weighted by Crippen LogP contribution is 2.31. The van der Waals surface area contributed by atoms with Crippen molar-refractivity contribution in [3.05, 3.63) is 0 Å². The van der Waals surface area contributed by atoms with Crippen LogP contribution >= 0.6 is 0 Å². The Labute approximate surface area is 116 Å². The van der Waals surface area contributed by atoms with Crippen LogP contribution < -0.4 is 5.32 Å². The largest absolute Gasteiger partial charge is 0.468 e. The molecule has 1 N–H and O–H groups in total. The van der Waals surface area contributed by atoms with Crippen molar-refractivity contribution in [1.82, 2.24) is 10.2 Å². The van der Waals surface area contributed by atoms with Gasteiger partial charge in [0.05, 0.1) is 7.11 Å². The summed E-state index contributed by atoms with van der Waals surface area (Å²) in [5.74, 6) is -0.135. The lowest BCUT2D eigenvalue weighted by Crippen LogP contribution is -2.59. The van der Waals surface area contributed by atoms with Crippen molar-refractivity contribution in [2.45, 2.75) is 58.0 Å². The highest BCUT2D eigenvalue weighted by Gasteiger charge is 2.41. The molecular formula is C15H28N2O2. The Morgan fingerprint density at radius 3 is 2.42 bits per heavy atom. The lowest BCUT2D eigenvalue weighted by molar-refractivity contribution is -0.149. The SMILES string of the molecule is COC(=O)C(C)(CN1CCC(C)(C)CC1)NC1CC1. The number of rotatable bonds is 5. The monoisotopic (exact) mass is 268 g/mol. The zero-order chi connectivity index (χ0) is 14.1. The summed E-state index contributed by atoms with van der Waals surface area (Å²) in [6.07, 6.45) is 4.76. The highest BCUT2D eigenvalue weighted by atomic mass is 16.5. The van der Waals surface area contributed by atoms with Crippen molar-refractivity contribution in [1.29, 1.82) is 0 Å². The quantitative estimate of drug-likeness (QED) is 0.772. The van der Waals surface area contributed by atoms with Gasteiger partial charge in [0, 0.05) is 12.6 Å². The van der Waals surface area contributed by atoms with Crippen LogP contribution in [0, 0.1) is 5.41 Å². The molecule has 0 bridgehead atoms. The third-order valence-electron chi connectivity index (χ3n) is 4.49. The fraction of sp³-hybridized carbons (Fsp3) is 0.933. The second kappa shape index (κ2) is 5.41. The van der Waals surface area contributed by atoms with Gasteiger partial charge in [0.1, 0.15) is 5.54 Å². The summed E-state index contributed by atoms with van der Waals surface area (Å²) in [5, 5.41) is 3.47. The number of ether oxygens (including phenoxy) is 1.